The van der Waals surface area contributed by atoms with Gasteiger partial charge < -0.3 is 18.9 Å². The molecule has 5 rings (SSSR count). The number of fused-ring (bicyclic) bond motifs is 2. The van der Waals surface area contributed by atoms with Crippen molar-refractivity contribution in [1.82, 2.24) is 9.97 Å². The molecular weight excluding hydrogens is 653 g/mol. The first-order valence-corrected chi connectivity index (χ1v) is 16.3. The summed E-state index contributed by atoms with van der Waals surface area (Å²) in [5, 5.41) is 0. The molecule has 222 valence electrons. The van der Waals surface area contributed by atoms with Crippen molar-refractivity contribution in [2.45, 2.75) is 13.8 Å². The van der Waals surface area contributed by atoms with Gasteiger partial charge in [-0.15, -0.1) is 11.3 Å². The summed E-state index contributed by atoms with van der Waals surface area (Å²) in [4.78, 5) is 61.6. The van der Waals surface area contributed by atoms with Gasteiger partial charge in [0.15, 0.2) is 0 Å². The van der Waals surface area contributed by atoms with Crippen molar-refractivity contribution < 1.29 is 38.1 Å². The van der Waals surface area contributed by atoms with Crippen molar-refractivity contribution in [2.24, 2.45) is 0 Å². The van der Waals surface area contributed by atoms with Gasteiger partial charge in [-0.3, -0.25) is 0 Å². The highest BCUT2D eigenvalue weighted by Crippen LogP contribution is 2.53. The number of ether oxygens (including phenoxy) is 4. The van der Waals surface area contributed by atoms with Crippen LogP contribution in [0.1, 0.15) is 20.9 Å². The minimum absolute atomic E-state index is 0.145. The second-order valence-electron chi connectivity index (χ2n) is 8.79. The van der Waals surface area contributed by atoms with Crippen molar-refractivity contribution in [3.8, 4) is 0 Å². The summed E-state index contributed by atoms with van der Waals surface area (Å²) in [5.74, 6) is -2.54. The van der Waals surface area contributed by atoms with Gasteiger partial charge in [0.2, 0.25) is 0 Å². The molecule has 0 spiro atoms. The monoisotopic (exact) mass is 674 g/mol. The predicted molar refractivity (Wildman–Crippen MR) is 173 cm³/mol. The third-order valence-electron chi connectivity index (χ3n) is 6.17. The van der Waals surface area contributed by atoms with E-state index in [1.807, 2.05) is 38.1 Å². The van der Waals surface area contributed by atoms with Gasteiger partial charge in [0.25, 0.3) is 0 Å². The molecule has 0 radical (unpaired) electrons. The number of esters is 4. The van der Waals surface area contributed by atoms with Crippen LogP contribution in [0.2, 0.25) is 0 Å². The fourth-order valence-electron chi connectivity index (χ4n) is 3.94. The molecule has 0 fully saturated rings. The zero-order valence-electron chi connectivity index (χ0n) is 23.5. The van der Waals surface area contributed by atoms with Gasteiger partial charge in [-0.25, -0.2) is 29.1 Å². The average molecular weight is 675 g/mol. The Kier molecular flexibility index (Phi) is 9.27. The molecule has 2 aromatic heterocycles. The molecule has 0 atom stereocenters. The van der Waals surface area contributed by atoms with Crippen LogP contribution >= 0.6 is 58.4 Å². The third kappa shape index (κ3) is 6.09. The van der Waals surface area contributed by atoms with Crippen LogP contribution in [0.5, 0.6) is 0 Å². The van der Waals surface area contributed by atoms with Crippen LogP contribution in [0.25, 0.3) is 34.2 Å². The minimum Gasteiger partial charge on any atom is -0.465 e. The molecule has 0 unspecified atom stereocenters. The fourth-order valence-corrected chi connectivity index (χ4v) is 10.0. The number of aryl methyl sites for hydroxylation is 2. The lowest BCUT2D eigenvalue weighted by atomic mass is 10.1. The molecule has 4 heterocycles. The number of carbonyl (C=O) groups is 4. The standard InChI is InChI=1S/C28H22N2O8S5/c1-11-7-13-14(8-12(11)2)30-20-16(10-18-42-23(27(33)37-5)24(43-18)28(34)38-6)39-15(19(20)29-13)9-17-40-21(25(31)35-3)22(41-17)26(32)36-4/h7-10H,1-6H3. The van der Waals surface area contributed by atoms with Crippen LogP contribution in [0, 0.1) is 13.8 Å². The number of thioether (sulfide) groups is 4. The smallest absolute Gasteiger partial charge is 0.346 e. The molecule has 15 heteroatoms. The minimum atomic E-state index is -0.634. The highest BCUT2D eigenvalue weighted by Gasteiger charge is 2.34. The highest BCUT2D eigenvalue weighted by atomic mass is 32.2. The fraction of sp³-hybridized carbons (Fsp3) is 0.214. The van der Waals surface area contributed by atoms with E-state index in [2.05, 4.69) is 0 Å². The van der Waals surface area contributed by atoms with Crippen LogP contribution in [0.4, 0.5) is 0 Å². The molecule has 2 aliphatic heterocycles. The molecule has 43 heavy (non-hydrogen) atoms. The molecule has 1 aromatic carbocycles. The van der Waals surface area contributed by atoms with Crippen LogP contribution in [-0.4, -0.2) is 62.3 Å². The summed E-state index contributed by atoms with van der Waals surface area (Å²) in [7, 11) is 5.00. The Morgan fingerprint density at radius 3 is 1.16 bits per heavy atom. The zero-order valence-corrected chi connectivity index (χ0v) is 27.6. The number of thiophene rings is 1. The molecule has 3 aromatic rings. The number of benzene rings is 1. The van der Waals surface area contributed by atoms with E-state index in [1.54, 1.807) is 0 Å². The summed E-state index contributed by atoms with van der Waals surface area (Å²) in [6.07, 6.45) is 3.69. The van der Waals surface area contributed by atoms with E-state index in [1.165, 1.54) is 39.8 Å². The zero-order chi connectivity index (χ0) is 31.0. The third-order valence-corrected chi connectivity index (χ3v) is 12.1. The predicted octanol–water partition coefficient (Wildman–Crippen LogP) is 6.13. The van der Waals surface area contributed by atoms with Gasteiger partial charge in [-0.1, -0.05) is 47.0 Å². The first kappa shape index (κ1) is 31.2. The molecule has 0 N–H and O–H groups in total. The first-order valence-electron chi connectivity index (χ1n) is 12.3. The lowest BCUT2D eigenvalue weighted by molar-refractivity contribution is -0.138. The summed E-state index contributed by atoms with van der Waals surface area (Å²) >= 11 is 5.85. The highest BCUT2D eigenvalue weighted by molar-refractivity contribution is 8.30. The van der Waals surface area contributed by atoms with Gasteiger partial charge in [0, 0.05) is 0 Å². The maximum Gasteiger partial charge on any atom is 0.346 e. The van der Waals surface area contributed by atoms with Crippen molar-refractivity contribution in [3.05, 3.63) is 61.1 Å². The van der Waals surface area contributed by atoms with Crippen molar-refractivity contribution in [2.75, 3.05) is 28.4 Å². The second kappa shape index (κ2) is 12.8. The van der Waals surface area contributed by atoms with E-state index in [9.17, 15) is 19.2 Å². The molecule has 0 bridgehead atoms. The summed E-state index contributed by atoms with van der Waals surface area (Å²) in [5.41, 5.74) is 4.82. The van der Waals surface area contributed by atoms with E-state index in [-0.39, 0.29) is 19.6 Å². The molecule has 0 amide bonds. The molecule has 2 aliphatic rings. The van der Waals surface area contributed by atoms with Gasteiger partial charge >= 0.3 is 23.9 Å². The average Bonchev–Trinajstić information content (AvgIpc) is 3.71. The Morgan fingerprint density at radius 2 is 0.884 bits per heavy atom. The lowest BCUT2D eigenvalue weighted by Crippen LogP contribution is -2.08. The normalized spacial score (nSPS) is 14.9. The molecular formula is C28H22N2O8S5. The van der Waals surface area contributed by atoms with E-state index >= 15 is 0 Å². The second-order valence-corrected chi connectivity index (χ2v) is 14.6. The number of aromatic nitrogens is 2. The Balaban J connectivity index is 1.63. The van der Waals surface area contributed by atoms with Crippen LogP contribution in [0.3, 0.4) is 0 Å². The Hall–Kier alpha value is -3.24. The van der Waals surface area contributed by atoms with Crippen molar-refractivity contribution in [3.63, 3.8) is 0 Å². The van der Waals surface area contributed by atoms with E-state index < -0.39 is 23.9 Å². The lowest BCUT2D eigenvalue weighted by Gasteiger charge is -2.04. The van der Waals surface area contributed by atoms with Gasteiger partial charge in [0.1, 0.15) is 30.7 Å². The largest absolute Gasteiger partial charge is 0.465 e. The van der Waals surface area contributed by atoms with E-state index in [0.717, 1.165) is 79.0 Å². The van der Waals surface area contributed by atoms with E-state index in [4.69, 9.17) is 28.9 Å². The maximum absolute atomic E-state index is 12.4. The topological polar surface area (TPSA) is 131 Å². The number of hydrogen-bond donors (Lipinski definition) is 0. The number of methoxy groups -OCH3 is 4. The number of hydrogen-bond acceptors (Lipinski definition) is 15. The van der Waals surface area contributed by atoms with Crippen LogP contribution in [0.15, 0.2) is 40.2 Å². The van der Waals surface area contributed by atoms with Crippen LogP contribution < -0.4 is 0 Å². The quantitative estimate of drug-likeness (QED) is 0.219. The van der Waals surface area contributed by atoms with E-state index in [0.29, 0.717) is 19.5 Å². The number of nitrogens with zero attached hydrogens (tertiary/aromatic N) is 2. The summed E-state index contributed by atoms with van der Waals surface area (Å²) < 4.78 is 20.8. The summed E-state index contributed by atoms with van der Waals surface area (Å²) in [6.45, 7) is 4.01. The number of carbonyl (C=O) groups excluding carboxylic acids is 4. The Labute approximate surface area is 266 Å². The Morgan fingerprint density at radius 1 is 0.581 bits per heavy atom. The SMILES string of the molecule is COC(=O)C1=C(C(=O)OC)SC(=Cc2sc(C=C3SC(C(=O)OC)=C(C(=O)OC)S3)c3nc4cc(C)c(C)cc4nc23)S1. The van der Waals surface area contributed by atoms with Crippen LogP contribution in [-0.2, 0) is 38.1 Å². The van der Waals surface area contributed by atoms with Gasteiger partial charge in [-0.2, -0.15) is 0 Å². The molecule has 0 saturated heterocycles. The summed E-state index contributed by atoms with van der Waals surface area (Å²) in [6, 6.07) is 3.96. The molecule has 10 nitrogen and oxygen atoms in total. The maximum atomic E-state index is 12.4. The number of rotatable bonds is 6. The van der Waals surface area contributed by atoms with Crippen molar-refractivity contribution in [1.29, 1.82) is 0 Å². The van der Waals surface area contributed by atoms with Gasteiger partial charge in [0.05, 0.1) is 57.7 Å². The molecule has 0 saturated carbocycles. The van der Waals surface area contributed by atoms with Crippen molar-refractivity contribution >= 4 is 116 Å². The molecule has 0 aliphatic carbocycles. The van der Waals surface area contributed by atoms with Gasteiger partial charge in [-0.05, 0) is 49.3 Å². The first-order chi connectivity index (χ1) is 20.6. The Bertz CT molecular complexity index is 1680.